The van der Waals surface area contributed by atoms with Crippen molar-refractivity contribution in [2.75, 3.05) is 30.4 Å². The number of aromatic nitrogens is 4. The molecule has 11 heteroatoms. The van der Waals surface area contributed by atoms with Crippen molar-refractivity contribution in [3.63, 3.8) is 0 Å². The van der Waals surface area contributed by atoms with Crippen LogP contribution < -0.4 is 20.3 Å². The highest BCUT2D eigenvalue weighted by Gasteiger charge is 2.36. The summed E-state index contributed by atoms with van der Waals surface area (Å²) in [6.45, 7) is 24.8. The van der Waals surface area contributed by atoms with Crippen molar-refractivity contribution in [2.45, 2.75) is 99.5 Å². The molecule has 0 bridgehead atoms. The highest BCUT2D eigenvalue weighted by molar-refractivity contribution is 6.03. The number of pyridine rings is 1. The Morgan fingerprint density at radius 1 is 1.06 bits per heavy atom. The zero-order valence-corrected chi connectivity index (χ0v) is 32.0. The lowest BCUT2D eigenvalue weighted by molar-refractivity contribution is -0.116. The van der Waals surface area contributed by atoms with Crippen LogP contribution in [0.4, 0.5) is 17.2 Å². The number of hydrogen-bond donors (Lipinski definition) is 1. The van der Waals surface area contributed by atoms with Gasteiger partial charge in [0.25, 0.3) is 0 Å². The van der Waals surface area contributed by atoms with E-state index >= 15 is 0 Å². The first-order valence-corrected chi connectivity index (χ1v) is 18.8. The van der Waals surface area contributed by atoms with Gasteiger partial charge in [0.2, 0.25) is 11.6 Å². The quantitative estimate of drug-likeness (QED) is 0.103. The number of anilines is 2. The van der Waals surface area contributed by atoms with Gasteiger partial charge in [-0.05, 0) is 99.3 Å². The fourth-order valence-corrected chi connectivity index (χ4v) is 7.47. The van der Waals surface area contributed by atoms with Crippen molar-refractivity contribution in [3.05, 3.63) is 63.9 Å². The standard InChI is InChI=1S/C41H53N7O4/c1-10-13-15-35(49)44-30-17-18-33(51-9)31(24-30)39-45-40-36(41(50)52-38-26(5)21-25(4)22-27(38)6)37(42-8)32(48(40)46-39)23-29-16-19-34(43-28(29)7)47(12-3)20-14-11-2/h16-19,23-27,38H,10-15,20-22H2,1-7,9H3,(H,44,49)/b32-23+. The molecule has 276 valence electrons. The summed E-state index contributed by atoms with van der Waals surface area (Å²) < 4.78 is 13.5. The van der Waals surface area contributed by atoms with Gasteiger partial charge < -0.3 is 19.7 Å². The molecule has 0 aliphatic heterocycles. The second-order valence-electron chi connectivity index (χ2n) is 14.3. The molecule has 1 aliphatic rings. The third-order valence-corrected chi connectivity index (χ3v) is 10.1. The SMILES string of the molecule is [C-]#[N+]c1c(C(=O)OC2C(C)CC(C)CC2C)c2nc(-c3cc(NC(=O)CCCC)ccc3OC)nn2/c1=C/c1ccc(N(CC)CCCC)nc1C. The largest absolute Gasteiger partial charge is 0.496 e. The number of benzene rings is 1. The number of hydrogen-bond acceptors (Lipinski definition) is 8. The van der Waals surface area contributed by atoms with Gasteiger partial charge in [0.15, 0.2) is 11.5 Å². The number of methoxy groups -OCH3 is 1. The second kappa shape index (κ2) is 17.0. The minimum absolute atomic E-state index is 0.0823. The molecule has 1 fully saturated rings. The number of carbonyl (C=O) groups excluding carboxylic acids is 2. The van der Waals surface area contributed by atoms with Gasteiger partial charge in [-0.1, -0.05) is 47.5 Å². The smallest absolute Gasteiger partial charge is 0.331 e. The van der Waals surface area contributed by atoms with Crippen molar-refractivity contribution < 1.29 is 19.1 Å². The minimum atomic E-state index is -0.587. The van der Waals surface area contributed by atoms with Crippen molar-refractivity contribution >= 4 is 40.8 Å². The van der Waals surface area contributed by atoms with E-state index in [1.165, 1.54) is 0 Å². The van der Waals surface area contributed by atoms with Crippen molar-refractivity contribution in [1.29, 1.82) is 0 Å². The van der Waals surface area contributed by atoms with Crippen LogP contribution >= 0.6 is 0 Å². The van der Waals surface area contributed by atoms with E-state index in [4.69, 9.17) is 31.1 Å². The van der Waals surface area contributed by atoms with Gasteiger partial charge >= 0.3 is 5.97 Å². The fraction of sp³-hybridized carbons (Fsp3) is 0.512. The lowest BCUT2D eigenvalue weighted by Crippen LogP contribution is -2.37. The Labute approximate surface area is 307 Å². The highest BCUT2D eigenvalue weighted by Crippen LogP contribution is 2.37. The molecule has 1 aliphatic carbocycles. The number of nitrogens with zero attached hydrogens (tertiary/aromatic N) is 6. The number of nitrogens with one attached hydrogen (secondary N) is 1. The third-order valence-electron chi connectivity index (χ3n) is 10.1. The van der Waals surface area contributed by atoms with Gasteiger partial charge in [-0.3, -0.25) is 4.79 Å². The summed E-state index contributed by atoms with van der Waals surface area (Å²) in [6, 6.07) is 9.29. The van der Waals surface area contributed by atoms with Gasteiger partial charge in [0, 0.05) is 30.9 Å². The Morgan fingerprint density at radius 2 is 1.79 bits per heavy atom. The zero-order chi connectivity index (χ0) is 37.5. The molecule has 3 heterocycles. The summed E-state index contributed by atoms with van der Waals surface area (Å²) in [5.41, 5.74) is 3.13. The number of esters is 1. The number of amides is 1. The van der Waals surface area contributed by atoms with Gasteiger partial charge in [0.05, 0.1) is 24.6 Å². The van der Waals surface area contributed by atoms with Gasteiger partial charge in [-0.15, -0.1) is 5.10 Å². The van der Waals surface area contributed by atoms with Crippen LogP contribution in [-0.4, -0.2) is 57.8 Å². The highest BCUT2D eigenvalue weighted by atomic mass is 16.5. The summed E-state index contributed by atoms with van der Waals surface area (Å²) in [6.07, 6.45) is 7.78. The fourth-order valence-electron chi connectivity index (χ4n) is 7.47. The normalized spacial score (nSPS) is 19.0. The monoisotopic (exact) mass is 707 g/mol. The third kappa shape index (κ3) is 8.22. The lowest BCUT2D eigenvalue weighted by atomic mass is 9.75. The van der Waals surface area contributed by atoms with Crippen LogP contribution in [0.1, 0.15) is 108 Å². The van der Waals surface area contributed by atoms with Crippen LogP contribution in [0.25, 0.3) is 28.0 Å². The maximum Gasteiger partial charge on any atom is 0.331 e. The first-order valence-electron chi connectivity index (χ1n) is 18.8. The van der Waals surface area contributed by atoms with Crippen molar-refractivity contribution in [3.8, 4) is 17.1 Å². The maximum atomic E-state index is 14.2. The summed E-state index contributed by atoms with van der Waals surface area (Å²) in [5, 5.41) is 8.25. The van der Waals surface area contributed by atoms with E-state index in [0.717, 1.165) is 68.7 Å². The first-order chi connectivity index (χ1) is 25.0. The maximum absolute atomic E-state index is 14.2. The molecule has 0 saturated heterocycles. The molecule has 52 heavy (non-hydrogen) atoms. The minimum Gasteiger partial charge on any atom is -0.496 e. The number of unbranched alkanes of at least 4 members (excludes halogenated alkanes) is 2. The van der Waals surface area contributed by atoms with Gasteiger partial charge in [-0.25, -0.2) is 24.1 Å². The van der Waals surface area contributed by atoms with E-state index in [0.29, 0.717) is 34.7 Å². The van der Waals surface area contributed by atoms with Crippen LogP contribution in [0.2, 0.25) is 0 Å². The van der Waals surface area contributed by atoms with Crippen molar-refractivity contribution in [1.82, 2.24) is 19.6 Å². The Hall–Kier alpha value is -4.98. The summed E-state index contributed by atoms with van der Waals surface area (Å²) in [5.74, 6) is 1.91. The van der Waals surface area contributed by atoms with Crippen LogP contribution in [0.3, 0.4) is 0 Å². The van der Waals surface area contributed by atoms with Crippen LogP contribution in [0.15, 0.2) is 30.3 Å². The topological polar surface area (TPSA) is 115 Å². The Bertz CT molecular complexity index is 1990. The molecule has 0 spiro atoms. The van der Waals surface area contributed by atoms with Gasteiger partial charge in [0.1, 0.15) is 23.2 Å². The number of carbonyl (C=O) groups is 2. The number of rotatable bonds is 14. The molecule has 2 atom stereocenters. The van der Waals surface area contributed by atoms with Crippen LogP contribution in [0, 0.1) is 31.2 Å². The molecule has 0 radical (unpaired) electrons. The van der Waals surface area contributed by atoms with E-state index in [2.05, 4.69) is 49.7 Å². The van der Waals surface area contributed by atoms with Crippen molar-refractivity contribution in [2.24, 2.45) is 17.8 Å². The average molecular weight is 708 g/mol. The second-order valence-corrected chi connectivity index (χ2v) is 14.3. The molecule has 3 aromatic heterocycles. The van der Waals surface area contributed by atoms with E-state index in [1.54, 1.807) is 29.8 Å². The van der Waals surface area contributed by atoms with E-state index in [-0.39, 0.29) is 46.6 Å². The molecular formula is C41H53N7O4. The Balaban J connectivity index is 1.66. The summed E-state index contributed by atoms with van der Waals surface area (Å²) >= 11 is 0. The predicted octanol–water partition coefficient (Wildman–Crippen LogP) is 8.19. The van der Waals surface area contributed by atoms with E-state index in [9.17, 15) is 9.59 Å². The number of fused-ring (bicyclic) bond motifs is 1. The first kappa shape index (κ1) is 38.3. The summed E-state index contributed by atoms with van der Waals surface area (Å²) in [4.78, 5) is 42.8. The van der Waals surface area contributed by atoms with Crippen LogP contribution in [0.5, 0.6) is 5.75 Å². The zero-order valence-electron chi connectivity index (χ0n) is 32.0. The molecule has 1 aromatic carbocycles. The number of ether oxygens (including phenoxy) is 2. The number of aryl methyl sites for hydroxylation is 1. The van der Waals surface area contributed by atoms with Gasteiger partial charge in [-0.2, -0.15) is 0 Å². The lowest BCUT2D eigenvalue weighted by Gasteiger charge is -2.37. The van der Waals surface area contributed by atoms with E-state index in [1.807, 2.05) is 32.1 Å². The average Bonchev–Trinajstić information content (AvgIpc) is 3.67. The molecule has 1 N–H and O–H groups in total. The predicted molar refractivity (Wildman–Crippen MR) is 206 cm³/mol. The molecule has 11 nitrogen and oxygen atoms in total. The Morgan fingerprint density at radius 3 is 2.42 bits per heavy atom. The van der Waals surface area contributed by atoms with Crippen LogP contribution in [-0.2, 0) is 9.53 Å². The van der Waals surface area contributed by atoms with E-state index < -0.39 is 5.97 Å². The molecule has 2 unspecified atom stereocenters. The molecule has 1 amide bonds. The summed E-state index contributed by atoms with van der Waals surface area (Å²) in [7, 11) is 1.56. The molecule has 4 aromatic rings. The molecular weight excluding hydrogens is 654 g/mol. The molecule has 1 saturated carbocycles. The Kier molecular flexibility index (Phi) is 12.5. The molecule has 5 rings (SSSR count).